The van der Waals surface area contributed by atoms with Gasteiger partial charge in [-0.3, -0.25) is 0 Å². The molecule has 0 atom stereocenters. The van der Waals surface area contributed by atoms with Crippen LogP contribution in [0.15, 0.2) is 0 Å². The highest BCUT2D eigenvalue weighted by Crippen LogP contribution is 1.67. The minimum atomic E-state index is -4.61. The maximum atomic E-state index is 9.00. The number of hydrogen-bond donors (Lipinski definition) is 10. The van der Waals surface area contributed by atoms with Crippen LogP contribution in [0.3, 0.4) is 0 Å². The van der Waals surface area contributed by atoms with E-state index in [0.29, 0.717) is 0 Å². The molecule has 0 aliphatic carbocycles. The van der Waals surface area contributed by atoms with E-state index in [1.165, 1.54) is 0 Å². The summed E-state index contributed by atoms with van der Waals surface area (Å²) < 4.78 is 0. The maximum Gasteiger partial charge on any atom is 0.668 e. The molecule has 0 bridgehead atoms. The fourth-order valence-corrected chi connectivity index (χ4v) is 0. The average molecular weight is 252 g/mol. The van der Waals surface area contributed by atoms with Crippen LogP contribution < -0.4 is 11.5 Å². The van der Waals surface area contributed by atoms with Gasteiger partial charge in [0.05, 0.1) is 0 Å². The lowest BCUT2D eigenvalue weighted by atomic mass is 11.2. The molecule has 0 saturated heterocycles. The standard InChI is InChI=1S/CH4N2O.2H4O4Si/c2-1(3)4;2*1-5(2,3)4/h(H4,2,3,4);2*1-4H. The number of urea groups is 1. The van der Waals surface area contributed by atoms with Crippen LogP contribution in [0.5, 0.6) is 0 Å². The van der Waals surface area contributed by atoms with Crippen LogP contribution in [-0.4, -0.2) is 62.5 Å². The first kappa shape index (κ1) is 19.0. The first-order valence-corrected chi connectivity index (χ1v) is 6.15. The zero-order valence-electron chi connectivity index (χ0n) is 6.64. The van der Waals surface area contributed by atoms with E-state index in [4.69, 9.17) is 43.2 Å². The van der Waals surface area contributed by atoms with E-state index in [-0.39, 0.29) is 0 Å². The highest BCUT2D eigenvalue weighted by atomic mass is 28.4. The van der Waals surface area contributed by atoms with Gasteiger partial charge in [-0.15, -0.1) is 0 Å². The molecule has 2 amide bonds. The largest absolute Gasteiger partial charge is 0.668 e. The van der Waals surface area contributed by atoms with Crippen molar-refractivity contribution in [2.24, 2.45) is 11.5 Å². The van der Waals surface area contributed by atoms with Crippen molar-refractivity contribution >= 4 is 24.1 Å². The van der Waals surface area contributed by atoms with Crippen LogP contribution in [0, 0.1) is 0 Å². The number of carbonyl (C=O) groups is 1. The number of nitrogens with two attached hydrogens (primary N) is 2. The van der Waals surface area contributed by atoms with Gasteiger partial charge >= 0.3 is 24.1 Å². The molecule has 0 aromatic rings. The Morgan fingerprint density at radius 2 is 0.714 bits per heavy atom. The van der Waals surface area contributed by atoms with E-state index in [1.54, 1.807) is 0 Å². The van der Waals surface area contributed by atoms with Crippen molar-refractivity contribution in [3.05, 3.63) is 0 Å². The zero-order chi connectivity index (χ0) is 12.6. The van der Waals surface area contributed by atoms with Gasteiger partial charge in [0.2, 0.25) is 0 Å². The minimum absolute atomic E-state index is 0.833. The predicted molar refractivity (Wildman–Crippen MR) is 43.0 cm³/mol. The van der Waals surface area contributed by atoms with E-state index < -0.39 is 24.1 Å². The van der Waals surface area contributed by atoms with Crippen LogP contribution >= 0.6 is 0 Å². The predicted octanol–water partition coefficient (Wildman–Crippen LogP) is -6.19. The molecule has 0 rings (SSSR count). The lowest BCUT2D eigenvalue weighted by Gasteiger charge is -1.91. The summed E-state index contributed by atoms with van der Waals surface area (Å²) >= 11 is 0. The molecule has 88 valence electrons. The summed E-state index contributed by atoms with van der Waals surface area (Å²) in [5.41, 5.74) is 8.50. The molecule has 11 nitrogen and oxygen atoms in total. The van der Waals surface area contributed by atoms with E-state index in [1.807, 2.05) is 0 Å². The van der Waals surface area contributed by atoms with Gasteiger partial charge in [0.25, 0.3) is 0 Å². The van der Waals surface area contributed by atoms with Gasteiger partial charge in [-0.2, -0.15) is 0 Å². The summed E-state index contributed by atoms with van der Waals surface area (Å²) in [5.74, 6) is 0. The number of carbonyl (C=O) groups excluding carboxylic acids is 1. The fraction of sp³-hybridized carbons (Fsp3) is 0. The number of rotatable bonds is 0. The molecule has 0 fully saturated rings. The van der Waals surface area contributed by atoms with Crippen molar-refractivity contribution in [3.8, 4) is 0 Å². The van der Waals surface area contributed by atoms with E-state index >= 15 is 0 Å². The summed E-state index contributed by atoms with van der Waals surface area (Å²) in [6, 6.07) is -0.833. The van der Waals surface area contributed by atoms with Crippen molar-refractivity contribution in [1.29, 1.82) is 0 Å². The lowest BCUT2D eigenvalue weighted by molar-refractivity contribution is 0.115. The highest BCUT2D eigenvalue weighted by Gasteiger charge is 2.22. The first-order chi connectivity index (χ1) is 5.73. The van der Waals surface area contributed by atoms with E-state index in [0.717, 1.165) is 0 Å². The number of amides is 2. The Kier molecular flexibility index (Phi) is 10.5. The van der Waals surface area contributed by atoms with Crippen molar-refractivity contribution in [1.82, 2.24) is 0 Å². The van der Waals surface area contributed by atoms with Gasteiger partial charge in [-0.25, -0.2) is 4.79 Å². The molecule has 12 N–H and O–H groups in total. The molecular formula is CH12N2O9Si2. The third-order valence-electron chi connectivity index (χ3n) is 0. The second kappa shape index (κ2) is 7.76. The summed E-state index contributed by atoms with van der Waals surface area (Å²) in [6.45, 7) is 0. The van der Waals surface area contributed by atoms with E-state index in [2.05, 4.69) is 11.5 Å². The van der Waals surface area contributed by atoms with Gasteiger partial charge in [0, 0.05) is 0 Å². The second-order valence-electron chi connectivity index (χ2n) is 1.60. The van der Waals surface area contributed by atoms with Crippen LogP contribution in [-0.2, 0) is 0 Å². The molecule has 13 heteroatoms. The normalized spacial score (nSPS) is 10.3. The number of primary amides is 2. The quantitative estimate of drug-likeness (QED) is 0.184. The molecule has 0 aromatic heterocycles. The van der Waals surface area contributed by atoms with Crippen molar-refractivity contribution < 1.29 is 43.2 Å². The Bertz CT molecular complexity index is 120. The topological polar surface area (TPSA) is 231 Å². The zero-order valence-corrected chi connectivity index (χ0v) is 8.64. The van der Waals surface area contributed by atoms with Crippen LogP contribution in [0.4, 0.5) is 4.79 Å². The smallest absolute Gasteiger partial charge is 0.368 e. The molecule has 0 unspecified atom stereocenters. The van der Waals surface area contributed by atoms with Gasteiger partial charge in [0.15, 0.2) is 0 Å². The Morgan fingerprint density at radius 1 is 0.714 bits per heavy atom. The molecule has 0 aliphatic heterocycles. The first-order valence-electron chi connectivity index (χ1n) is 2.57. The molecule has 0 spiro atoms. The third-order valence-corrected chi connectivity index (χ3v) is 0. The molecule has 0 radical (unpaired) electrons. The molecular weight excluding hydrogens is 240 g/mol. The Labute approximate surface area is 79.7 Å². The second-order valence-corrected chi connectivity index (χ2v) is 4.00. The third kappa shape index (κ3) is 3230. The SMILES string of the molecule is NC(N)=O.O[Si](O)(O)O.O[Si](O)(O)O. The monoisotopic (exact) mass is 252 g/mol. The molecule has 0 heterocycles. The van der Waals surface area contributed by atoms with Crippen LogP contribution in [0.1, 0.15) is 0 Å². The summed E-state index contributed by atoms with van der Waals surface area (Å²) in [6.07, 6.45) is 0. The average Bonchev–Trinajstić information content (AvgIpc) is 1.45. The molecule has 0 aromatic carbocycles. The Morgan fingerprint density at radius 3 is 0.714 bits per heavy atom. The van der Waals surface area contributed by atoms with Crippen molar-refractivity contribution in [2.45, 2.75) is 0 Å². The van der Waals surface area contributed by atoms with Gasteiger partial charge in [-0.05, 0) is 0 Å². The number of hydrogen-bond acceptors (Lipinski definition) is 9. The maximum absolute atomic E-state index is 9.00. The van der Waals surface area contributed by atoms with Crippen molar-refractivity contribution in [3.63, 3.8) is 0 Å². The van der Waals surface area contributed by atoms with Crippen LogP contribution in [0.25, 0.3) is 0 Å². The fourth-order valence-electron chi connectivity index (χ4n) is 0. The highest BCUT2D eigenvalue weighted by molar-refractivity contribution is 6.47. The minimum Gasteiger partial charge on any atom is -0.368 e. The molecule has 0 saturated carbocycles. The summed E-state index contributed by atoms with van der Waals surface area (Å²) in [7, 11) is -9.22. The molecule has 14 heavy (non-hydrogen) atoms. The Hall–Kier alpha value is -0.616. The van der Waals surface area contributed by atoms with Crippen LogP contribution in [0.2, 0.25) is 0 Å². The van der Waals surface area contributed by atoms with Crippen molar-refractivity contribution in [2.75, 3.05) is 0 Å². The Balaban J connectivity index is -0.000000131. The van der Waals surface area contributed by atoms with Gasteiger partial charge < -0.3 is 49.8 Å². The summed E-state index contributed by atoms with van der Waals surface area (Å²) in [5, 5.41) is 0. The molecule has 0 aliphatic rings. The van der Waals surface area contributed by atoms with Gasteiger partial charge in [0.1, 0.15) is 0 Å². The van der Waals surface area contributed by atoms with E-state index in [9.17, 15) is 0 Å². The van der Waals surface area contributed by atoms with Gasteiger partial charge in [-0.1, -0.05) is 0 Å². The summed E-state index contributed by atoms with van der Waals surface area (Å²) in [4.78, 5) is 67.6. The lowest BCUT2D eigenvalue weighted by Crippen LogP contribution is -2.33.